The van der Waals surface area contributed by atoms with Crippen LogP contribution < -0.4 is 10.5 Å². The van der Waals surface area contributed by atoms with Crippen LogP contribution in [0.5, 0.6) is 0 Å². The second kappa shape index (κ2) is 5.65. The van der Waals surface area contributed by atoms with Crippen molar-refractivity contribution >= 4 is 10.0 Å². The summed E-state index contributed by atoms with van der Waals surface area (Å²) in [4.78, 5) is 8.08. The molecule has 0 saturated heterocycles. The number of hydrogen-bond acceptors (Lipinski definition) is 6. The van der Waals surface area contributed by atoms with Gasteiger partial charge in [0.25, 0.3) is 10.0 Å². The number of aromatic amines is 1. The summed E-state index contributed by atoms with van der Waals surface area (Å²) in [5, 5.41) is 6.36. The lowest BCUT2D eigenvalue weighted by Gasteiger charge is -2.06. The minimum Gasteiger partial charge on any atom is -0.326 e. The van der Waals surface area contributed by atoms with Gasteiger partial charge in [-0.3, -0.25) is 5.10 Å². The number of hydrogen-bond donors (Lipinski definition) is 3. The SMILES string of the molecule is Cc1nccc(CNS(=O)(=O)c2n[nH]c(C)c2CN)n1. The molecule has 2 rings (SSSR count). The maximum atomic E-state index is 12.2. The Morgan fingerprint density at radius 2 is 2.15 bits per heavy atom. The Morgan fingerprint density at radius 3 is 2.80 bits per heavy atom. The molecule has 8 nitrogen and oxygen atoms in total. The van der Waals surface area contributed by atoms with E-state index in [4.69, 9.17) is 5.73 Å². The first kappa shape index (κ1) is 14.6. The van der Waals surface area contributed by atoms with Crippen molar-refractivity contribution in [2.24, 2.45) is 5.73 Å². The molecular weight excluding hydrogens is 280 g/mol. The molecule has 0 radical (unpaired) electrons. The van der Waals surface area contributed by atoms with Gasteiger partial charge in [0.1, 0.15) is 5.82 Å². The highest BCUT2D eigenvalue weighted by Crippen LogP contribution is 2.15. The molecular formula is C11H16N6O2S. The van der Waals surface area contributed by atoms with Crippen LogP contribution in [0.4, 0.5) is 0 Å². The maximum Gasteiger partial charge on any atom is 0.260 e. The normalized spacial score (nSPS) is 11.8. The van der Waals surface area contributed by atoms with Crippen LogP contribution in [0, 0.1) is 13.8 Å². The van der Waals surface area contributed by atoms with Crippen molar-refractivity contribution < 1.29 is 8.42 Å². The van der Waals surface area contributed by atoms with Crippen molar-refractivity contribution in [3.63, 3.8) is 0 Å². The zero-order valence-corrected chi connectivity index (χ0v) is 12.0. The highest BCUT2D eigenvalue weighted by molar-refractivity contribution is 7.89. The van der Waals surface area contributed by atoms with Crippen molar-refractivity contribution in [3.8, 4) is 0 Å². The third kappa shape index (κ3) is 3.00. The van der Waals surface area contributed by atoms with E-state index in [0.29, 0.717) is 22.8 Å². The second-order valence-electron chi connectivity index (χ2n) is 4.26. The summed E-state index contributed by atoms with van der Waals surface area (Å²) in [5.74, 6) is 0.583. The van der Waals surface area contributed by atoms with Crippen molar-refractivity contribution in [1.82, 2.24) is 24.9 Å². The molecule has 0 bridgehead atoms. The van der Waals surface area contributed by atoms with Gasteiger partial charge >= 0.3 is 0 Å². The summed E-state index contributed by atoms with van der Waals surface area (Å²) in [6, 6.07) is 1.65. The molecule has 0 amide bonds. The number of rotatable bonds is 5. The molecule has 0 fully saturated rings. The lowest BCUT2D eigenvalue weighted by atomic mass is 10.3. The van der Waals surface area contributed by atoms with E-state index in [9.17, 15) is 8.42 Å². The zero-order valence-electron chi connectivity index (χ0n) is 11.2. The molecule has 9 heteroatoms. The summed E-state index contributed by atoms with van der Waals surface area (Å²) >= 11 is 0. The number of H-pyrrole nitrogens is 1. The minimum atomic E-state index is -3.73. The van der Waals surface area contributed by atoms with Gasteiger partial charge in [0.15, 0.2) is 5.03 Å². The Labute approximate surface area is 116 Å². The van der Waals surface area contributed by atoms with E-state index in [0.717, 1.165) is 0 Å². The molecule has 0 spiro atoms. The number of sulfonamides is 1. The molecule has 0 aliphatic rings. The summed E-state index contributed by atoms with van der Waals surface area (Å²) in [6.45, 7) is 3.64. The Balaban J connectivity index is 2.19. The summed E-state index contributed by atoms with van der Waals surface area (Å²) in [5.41, 5.74) is 7.26. The fourth-order valence-corrected chi connectivity index (χ4v) is 2.93. The molecule has 0 aliphatic carbocycles. The third-order valence-electron chi connectivity index (χ3n) is 2.77. The van der Waals surface area contributed by atoms with E-state index in [1.54, 1.807) is 26.1 Å². The molecule has 4 N–H and O–H groups in total. The third-order valence-corrected chi connectivity index (χ3v) is 4.14. The second-order valence-corrected chi connectivity index (χ2v) is 5.94. The van der Waals surface area contributed by atoms with Gasteiger partial charge in [-0.05, 0) is 19.9 Å². The van der Waals surface area contributed by atoms with E-state index >= 15 is 0 Å². The summed E-state index contributed by atoms with van der Waals surface area (Å²) in [7, 11) is -3.73. The zero-order chi connectivity index (χ0) is 14.8. The van der Waals surface area contributed by atoms with Crippen molar-refractivity contribution in [2.75, 3.05) is 0 Å². The fraction of sp³-hybridized carbons (Fsp3) is 0.364. The van der Waals surface area contributed by atoms with Gasteiger partial charge in [-0.15, -0.1) is 0 Å². The monoisotopic (exact) mass is 296 g/mol. The number of nitrogens with zero attached hydrogens (tertiary/aromatic N) is 3. The first-order valence-electron chi connectivity index (χ1n) is 5.96. The van der Waals surface area contributed by atoms with Crippen LogP contribution in [0.15, 0.2) is 17.3 Å². The van der Waals surface area contributed by atoms with Gasteiger partial charge in [-0.2, -0.15) is 5.10 Å². The lowest BCUT2D eigenvalue weighted by molar-refractivity contribution is 0.574. The molecule has 0 unspecified atom stereocenters. The van der Waals surface area contributed by atoms with E-state index in [-0.39, 0.29) is 18.1 Å². The molecule has 0 aromatic carbocycles. The molecule has 0 aliphatic heterocycles. The standard InChI is InChI=1S/C11H16N6O2S/c1-7-10(5-12)11(17-16-7)20(18,19)14-6-9-3-4-13-8(2)15-9/h3-4,14H,5-6,12H2,1-2H3,(H,16,17). The smallest absolute Gasteiger partial charge is 0.260 e. The first-order valence-corrected chi connectivity index (χ1v) is 7.44. The number of nitrogens with two attached hydrogens (primary N) is 1. The molecule has 0 atom stereocenters. The van der Waals surface area contributed by atoms with E-state index in [2.05, 4.69) is 24.9 Å². The van der Waals surface area contributed by atoms with Crippen LogP contribution in [0.25, 0.3) is 0 Å². The van der Waals surface area contributed by atoms with Crippen LogP contribution in [-0.4, -0.2) is 28.6 Å². The highest BCUT2D eigenvalue weighted by atomic mass is 32.2. The molecule has 2 aromatic rings. The fourth-order valence-electron chi connectivity index (χ4n) is 1.73. The topological polar surface area (TPSA) is 127 Å². The van der Waals surface area contributed by atoms with Crippen molar-refractivity contribution in [2.45, 2.75) is 32.0 Å². The highest BCUT2D eigenvalue weighted by Gasteiger charge is 2.22. The molecule has 2 heterocycles. The van der Waals surface area contributed by atoms with Gasteiger partial charge in [-0.25, -0.2) is 23.1 Å². The minimum absolute atomic E-state index is 0.0664. The van der Waals surface area contributed by atoms with E-state index in [1.165, 1.54) is 0 Å². The van der Waals surface area contributed by atoms with E-state index < -0.39 is 10.0 Å². The van der Waals surface area contributed by atoms with Crippen LogP contribution >= 0.6 is 0 Å². The lowest BCUT2D eigenvalue weighted by Crippen LogP contribution is -2.25. The van der Waals surface area contributed by atoms with Crippen molar-refractivity contribution in [1.29, 1.82) is 0 Å². The van der Waals surface area contributed by atoms with Crippen LogP contribution in [0.1, 0.15) is 22.8 Å². The predicted octanol–water partition coefficient (Wildman–Crippen LogP) is -0.246. The number of aromatic nitrogens is 4. The van der Waals surface area contributed by atoms with Crippen molar-refractivity contribution in [3.05, 3.63) is 35.0 Å². The largest absolute Gasteiger partial charge is 0.326 e. The molecule has 0 saturated carbocycles. The summed E-state index contributed by atoms with van der Waals surface area (Å²) in [6.07, 6.45) is 1.58. The molecule has 108 valence electrons. The summed E-state index contributed by atoms with van der Waals surface area (Å²) < 4.78 is 26.8. The number of nitrogens with one attached hydrogen (secondary N) is 2. The van der Waals surface area contributed by atoms with Crippen LogP contribution in [0.2, 0.25) is 0 Å². The van der Waals surface area contributed by atoms with Gasteiger partial charge in [0, 0.05) is 24.0 Å². The molecule has 20 heavy (non-hydrogen) atoms. The van der Waals surface area contributed by atoms with Gasteiger partial charge in [0.2, 0.25) is 0 Å². The van der Waals surface area contributed by atoms with Crippen LogP contribution in [-0.2, 0) is 23.1 Å². The predicted molar refractivity (Wildman–Crippen MR) is 72.0 cm³/mol. The Bertz CT molecular complexity index is 709. The Kier molecular flexibility index (Phi) is 4.12. The Hall–Kier alpha value is -1.84. The maximum absolute atomic E-state index is 12.2. The van der Waals surface area contributed by atoms with Crippen LogP contribution in [0.3, 0.4) is 0 Å². The van der Waals surface area contributed by atoms with Gasteiger partial charge in [-0.1, -0.05) is 0 Å². The average molecular weight is 296 g/mol. The first-order chi connectivity index (χ1) is 9.44. The average Bonchev–Trinajstić information content (AvgIpc) is 2.78. The van der Waals surface area contributed by atoms with E-state index in [1.807, 2.05) is 0 Å². The van der Waals surface area contributed by atoms with Gasteiger partial charge in [0.05, 0.1) is 12.2 Å². The molecule has 2 aromatic heterocycles. The Morgan fingerprint density at radius 1 is 1.40 bits per heavy atom. The van der Waals surface area contributed by atoms with Gasteiger partial charge < -0.3 is 5.73 Å². The quantitative estimate of drug-likeness (QED) is 0.698. The number of aryl methyl sites for hydroxylation is 2.